The van der Waals surface area contributed by atoms with Crippen LogP contribution < -0.4 is 0 Å². The van der Waals surface area contributed by atoms with Crippen LogP contribution in [0.2, 0.25) is 0 Å². The van der Waals surface area contributed by atoms with E-state index in [0.29, 0.717) is 28.1 Å². The predicted molar refractivity (Wildman–Crippen MR) is 118 cm³/mol. The number of rotatable bonds is 4. The lowest BCUT2D eigenvalue weighted by molar-refractivity contribution is 0.0728. The molecule has 2 aromatic carbocycles. The number of hydrogen-bond acceptors (Lipinski definition) is 4. The number of nitrogens with zero attached hydrogens (tertiary/aromatic N) is 3. The maximum Gasteiger partial charge on any atom is 0.273 e. The van der Waals surface area contributed by atoms with Crippen LogP contribution in [0.1, 0.15) is 44.3 Å². The first-order valence-corrected chi connectivity index (χ1v) is 10.3. The highest BCUT2D eigenvalue weighted by Crippen LogP contribution is 2.45. The molecule has 1 atom stereocenters. The van der Waals surface area contributed by atoms with Crippen molar-refractivity contribution in [1.82, 2.24) is 20.1 Å². The molecule has 0 unspecified atom stereocenters. The first-order chi connectivity index (χ1) is 15.5. The standard InChI is InChI=1S/C25H21FN4O2/c1-14-10-18(20(31)11-15(14)2)22-21-23(29-28-22)25(32)30(13-16-6-5-9-27-12-16)24(21)17-7-3-4-8-19(17)26/h3-12,24,31H,13H2,1-2H3,(H,28,29)/t24-/m0/s1. The molecule has 0 saturated heterocycles. The lowest BCUT2D eigenvalue weighted by Gasteiger charge is -2.26. The molecule has 3 heterocycles. The van der Waals surface area contributed by atoms with Gasteiger partial charge in [0.25, 0.3) is 5.91 Å². The van der Waals surface area contributed by atoms with E-state index in [1.165, 1.54) is 6.07 Å². The molecule has 0 fully saturated rings. The number of aromatic amines is 1. The van der Waals surface area contributed by atoms with Crippen LogP contribution in [0.15, 0.2) is 60.9 Å². The van der Waals surface area contributed by atoms with Gasteiger partial charge in [-0.05, 0) is 54.8 Å². The summed E-state index contributed by atoms with van der Waals surface area (Å²) in [6.07, 6.45) is 3.35. The second-order valence-corrected chi connectivity index (χ2v) is 8.03. The van der Waals surface area contributed by atoms with Crippen LogP contribution >= 0.6 is 0 Å². The number of fused-ring (bicyclic) bond motifs is 1. The van der Waals surface area contributed by atoms with Crippen molar-refractivity contribution in [3.8, 4) is 17.0 Å². The van der Waals surface area contributed by atoms with Gasteiger partial charge < -0.3 is 10.0 Å². The van der Waals surface area contributed by atoms with Gasteiger partial charge in [-0.1, -0.05) is 24.3 Å². The van der Waals surface area contributed by atoms with Crippen molar-refractivity contribution in [2.75, 3.05) is 0 Å². The fourth-order valence-corrected chi connectivity index (χ4v) is 4.26. The third kappa shape index (κ3) is 3.13. The monoisotopic (exact) mass is 428 g/mol. The zero-order chi connectivity index (χ0) is 22.4. The molecule has 1 amide bonds. The molecule has 2 N–H and O–H groups in total. The number of phenols is 1. The Balaban J connectivity index is 1.70. The van der Waals surface area contributed by atoms with Gasteiger partial charge in [0.15, 0.2) is 0 Å². The van der Waals surface area contributed by atoms with Gasteiger partial charge in [0.1, 0.15) is 23.0 Å². The topological polar surface area (TPSA) is 82.1 Å². The second kappa shape index (κ2) is 7.60. The third-order valence-corrected chi connectivity index (χ3v) is 6.01. The summed E-state index contributed by atoms with van der Waals surface area (Å²) in [5.41, 5.74) is 4.92. The Kier molecular flexibility index (Phi) is 4.74. The van der Waals surface area contributed by atoms with Gasteiger partial charge in [-0.3, -0.25) is 14.9 Å². The summed E-state index contributed by atoms with van der Waals surface area (Å²) in [6.45, 7) is 4.11. The molecule has 160 valence electrons. The molecule has 0 saturated carbocycles. The molecule has 5 rings (SSSR count). The number of nitrogens with one attached hydrogen (secondary N) is 1. The average Bonchev–Trinajstić information content (AvgIpc) is 3.32. The van der Waals surface area contributed by atoms with Crippen LogP contribution in [-0.2, 0) is 6.54 Å². The minimum Gasteiger partial charge on any atom is -0.507 e. The number of phenolic OH excluding ortho intramolecular Hbond substituents is 1. The Morgan fingerprint density at radius 1 is 1.12 bits per heavy atom. The van der Waals surface area contributed by atoms with Crippen molar-refractivity contribution in [3.05, 3.63) is 100 Å². The Hall–Kier alpha value is -4.00. The smallest absolute Gasteiger partial charge is 0.273 e. The van der Waals surface area contributed by atoms with Crippen molar-refractivity contribution in [2.45, 2.75) is 26.4 Å². The van der Waals surface area contributed by atoms with E-state index in [9.17, 15) is 14.3 Å². The summed E-state index contributed by atoms with van der Waals surface area (Å²) in [6, 6.07) is 12.9. The molecule has 1 aliphatic heterocycles. The number of aromatic hydroxyl groups is 1. The van der Waals surface area contributed by atoms with Crippen LogP contribution in [0, 0.1) is 19.7 Å². The zero-order valence-corrected chi connectivity index (χ0v) is 17.6. The first kappa shape index (κ1) is 19.9. The van der Waals surface area contributed by atoms with Crippen LogP contribution in [0.25, 0.3) is 11.3 Å². The molecular weight excluding hydrogens is 407 g/mol. The van der Waals surface area contributed by atoms with Crippen LogP contribution in [0.4, 0.5) is 4.39 Å². The Morgan fingerprint density at radius 3 is 2.66 bits per heavy atom. The molecule has 32 heavy (non-hydrogen) atoms. The molecule has 6 nitrogen and oxygen atoms in total. The predicted octanol–water partition coefficient (Wildman–Crippen LogP) is 4.68. The van der Waals surface area contributed by atoms with Gasteiger partial charge in [-0.15, -0.1) is 0 Å². The summed E-state index contributed by atoms with van der Waals surface area (Å²) in [7, 11) is 0. The minimum atomic E-state index is -0.700. The van der Waals surface area contributed by atoms with Gasteiger partial charge in [-0.2, -0.15) is 5.10 Å². The van der Waals surface area contributed by atoms with Crippen molar-refractivity contribution in [3.63, 3.8) is 0 Å². The summed E-state index contributed by atoms with van der Waals surface area (Å²) in [5, 5.41) is 17.9. The van der Waals surface area contributed by atoms with Gasteiger partial charge in [0.2, 0.25) is 0 Å². The largest absolute Gasteiger partial charge is 0.507 e. The molecule has 0 bridgehead atoms. The van der Waals surface area contributed by atoms with E-state index < -0.39 is 11.9 Å². The summed E-state index contributed by atoms with van der Waals surface area (Å²) in [5.74, 6) is -0.627. The average molecular weight is 428 g/mol. The number of pyridine rings is 1. The first-order valence-electron chi connectivity index (χ1n) is 10.3. The van der Waals surface area contributed by atoms with E-state index in [1.807, 2.05) is 26.0 Å². The summed E-state index contributed by atoms with van der Waals surface area (Å²) >= 11 is 0. The lowest BCUT2D eigenvalue weighted by atomic mass is 9.94. The number of H-pyrrole nitrogens is 1. The number of carbonyl (C=O) groups is 1. The Bertz CT molecular complexity index is 1330. The molecule has 1 aliphatic rings. The minimum absolute atomic E-state index is 0.0628. The highest BCUT2D eigenvalue weighted by Gasteiger charge is 2.43. The highest BCUT2D eigenvalue weighted by molar-refractivity contribution is 6.00. The Labute approximate surface area is 184 Å². The quantitative estimate of drug-likeness (QED) is 0.495. The number of carbonyl (C=O) groups excluding carboxylic acids is 1. The molecule has 0 aliphatic carbocycles. The number of aryl methyl sites for hydroxylation is 2. The summed E-state index contributed by atoms with van der Waals surface area (Å²) in [4.78, 5) is 19.1. The number of halogens is 1. The molecule has 2 aromatic heterocycles. The number of amides is 1. The number of aromatic nitrogens is 3. The highest BCUT2D eigenvalue weighted by atomic mass is 19.1. The van der Waals surface area contributed by atoms with E-state index in [0.717, 1.165) is 16.7 Å². The van der Waals surface area contributed by atoms with Crippen molar-refractivity contribution >= 4 is 5.91 Å². The van der Waals surface area contributed by atoms with E-state index in [-0.39, 0.29) is 18.2 Å². The van der Waals surface area contributed by atoms with Crippen molar-refractivity contribution in [1.29, 1.82) is 0 Å². The number of hydrogen-bond donors (Lipinski definition) is 2. The van der Waals surface area contributed by atoms with E-state index >= 15 is 0 Å². The number of benzene rings is 2. The Morgan fingerprint density at radius 2 is 1.91 bits per heavy atom. The SMILES string of the molecule is Cc1cc(O)c(-c2n[nH]c3c2[C@H](c2ccccc2F)N(Cc2cccnc2)C3=O)cc1C. The van der Waals surface area contributed by atoms with Gasteiger partial charge >= 0.3 is 0 Å². The lowest BCUT2D eigenvalue weighted by Crippen LogP contribution is -2.29. The van der Waals surface area contributed by atoms with Crippen LogP contribution in [0.5, 0.6) is 5.75 Å². The molecule has 0 spiro atoms. The fourth-order valence-electron chi connectivity index (χ4n) is 4.26. The van der Waals surface area contributed by atoms with Gasteiger partial charge in [0.05, 0.1) is 6.04 Å². The molecule has 7 heteroatoms. The molecule has 0 radical (unpaired) electrons. The van der Waals surface area contributed by atoms with Gasteiger partial charge in [-0.25, -0.2) is 4.39 Å². The van der Waals surface area contributed by atoms with E-state index in [1.54, 1.807) is 47.6 Å². The van der Waals surface area contributed by atoms with Crippen LogP contribution in [0.3, 0.4) is 0 Å². The van der Waals surface area contributed by atoms with E-state index in [4.69, 9.17) is 0 Å². The second-order valence-electron chi connectivity index (χ2n) is 8.03. The molecule has 4 aromatic rings. The van der Waals surface area contributed by atoms with Crippen molar-refractivity contribution in [2.24, 2.45) is 0 Å². The third-order valence-electron chi connectivity index (χ3n) is 6.01. The van der Waals surface area contributed by atoms with Gasteiger partial charge in [0, 0.05) is 35.6 Å². The van der Waals surface area contributed by atoms with Crippen LogP contribution in [-0.4, -0.2) is 31.1 Å². The maximum atomic E-state index is 15.0. The molecular formula is C25H21FN4O2. The summed E-state index contributed by atoms with van der Waals surface area (Å²) < 4.78 is 15.0. The normalized spacial score (nSPS) is 15.3. The maximum absolute atomic E-state index is 15.0. The van der Waals surface area contributed by atoms with Crippen molar-refractivity contribution < 1.29 is 14.3 Å². The fraction of sp³-hybridized carbons (Fsp3) is 0.160. The van der Waals surface area contributed by atoms with E-state index in [2.05, 4.69) is 15.2 Å². The zero-order valence-electron chi connectivity index (χ0n) is 17.6.